The smallest absolute Gasteiger partial charge is 0.233 e. The van der Waals surface area contributed by atoms with Gasteiger partial charge in [-0.15, -0.1) is 0 Å². The van der Waals surface area contributed by atoms with Crippen LogP contribution in [-0.2, 0) is 15.0 Å². The molecule has 4 rings (SSSR count). The fraction of sp³-hybridized carbons (Fsp3) is 0.409. The van der Waals surface area contributed by atoms with E-state index >= 15 is 0 Å². The number of aromatic nitrogens is 1. The minimum Gasteiger partial charge on any atom is -0.341 e. The largest absolute Gasteiger partial charge is 0.341 e. The molecule has 28 heavy (non-hydrogen) atoms. The first-order chi connectivity index (χ1) is 13.5. The quantitative estimate of drug-likeness (QED) is 0.849. The molecule has 0 radical (unpaired) electrons. The molecule has 0 spiro atoms. The molecule has 2 heterocycles. The van der Waals surface area contributed by atoms with E-state index in [9.17, 15) is 9.59 Å². The molecular formula is C22H24ClN3O2. The Labute approximate surface area is 170 Å². The van der Waals surface area contributed by atoms with Crippen molar-refractivity contribution >= 4 is 29.2 Å². The van der Waals surface area contributed by atoms with Gasteiger partial charge in [0.1, 0.15) is 5.82 Å². The Bertz CT molecular complexity index is 893. The maximum absolute atomic E-state index is 13.3. The zero-order chi connectivity index (χ0) is 19.7. The van der Waals surface area contributed by atoms with Crippen LogP contribution in [0.3, 0.4) is 0 Å². The van der Waals surface area contributed by atoms with E-state index in [1.54, 1.807) is 12.3 Å². The number of aryl methyl sites for hydroxylation is 1. The summed E-state index contributed by atoms with van der Waals surface area (Å²) in [4.78, 5) is 32.1. The highest BCUT2D eigenvalue weighted by Crippen LogP contribution is 2.50. The van der Waals surface area contributed by atoms with Crippen molar-refractivity contribution in [2.45, 2.75) is 38.0 Å². The Morgan fingerprint density at radius 2 is 2.07 bits per heavy atom. The number of benzene rings is 1. The van der Waals surface area contributed by atoms with Gasteiger partial charge in [-0.2, -0.15) is 0 Å². The molecule has 1 saturated heterocycles. The van der Waals surface area contributed by atoms with Gasteiger partial charge in [-0.1, -0.05) is 29.8 Å². The lowest BCUT2D eigenvalue weighted by atomic mass is 9.91. The van der Waals surface area contributed by atoms with Crippen LogP contribution < -0.4 is 5.32 Å². The van der Waals surface area contributed by atoms with Crippen molar-refractivity contribution in [3.8, 4) is 0 Å². The van der Waals surface area contributed by atoms with E-state index < -0.39 is 5.41 Å². The topological polar surface area (TPSA) is 62.3 Å². The lowest BCUT2D eigenvalue weighted by molar-refractivity contribution is -0.137. The molecule has 1 aromatic heterocycles. The van der Waals surface area contributed by atoms with E-state index in [4.69, 9.17) is 11.6 Å². The Morgan fingerprint density at radius 3 is 2.75 bits per heavy atom. The second kappa shape index (κ2) is 7.55. The maximum atomic E-state index is 13.3. The molecule has 0 unspecified atom stereocenters. The summed E-state index contributed by atoms with van der Waals surface area (Å²) in [5.74, 6) is 0.398. The van der Waals surface area contributed by atoms with Crippen LogP contribution >= 0.6 is 11.6 Å². The van der Waals surface area contributed by atoms with Gasteiger partial charge < -0.3 is 10.2 Å². The van der Waals surface area contributed by atoms with Crippen LogP contribution in [0.4, 0.5) is 5.82 Å². The van der Waals surface area contributed by atoms with Crippen molar-refractivity contribution in [3.63, 3.8) is 0 Å². The average molecular weight is 398 g/mol. The lowest BCUT2D eigenvalue weighted by Crippen LogP contribution is -2.47. The number of nitrogens with one attached hydrogen (secondary N) is 1. The predicted octanol–water partition coefficient (Wildman–Crippen LogP) is 3.95. The fourth-order valence-electron chi connectivity index (χ4n) is 3.99. The van der Waals surface area contributed by atoms with Crippen molar-refractivity contribution in [1.82, 2.24) is 9.88 Å². The zero-order valence-electron chi connectivity index (χ0n) is 16.0. The van der Waals surface area contributed by atoms with E-state index in [-0.39, 0.29) is 17.7 Å². The zero-order valence-corrected chi connectivity index (χ0v) is 16.7. The second-order valence-electron chi connectivity index (χ2n) is 7.89. The Morgan fingerprint density at radius 1 is 1.25 bits per heavy atom. The minimum absolute atomic E-state index is 0.0681. The number of rotatable bonds is 4. The number of piperidine rings is 1. The van der Waals surface area contributed by atoms with Crippen LogP contribution in [0.1, 0.15) is 36.8 Å². The average Bonchev–Trinajstić information content (AvgIpc) is 3.51. The SMILES string of the molecule is Cc1ccc(NC(=O)[C@H]2CCCN(C(=O)C3(c4cccc(Cl)c4)CC3)C2)nc1. The first-order valence-electron chi connectivity index (χ1n) is 9.77. The van der Waals surface area contributed by atoms with Crippen molar-refractivity contribution in [2.24, 2.45) is 5.92 Å². The van der Waals surface area contributed by atoms with E-state index in [1.807, 2.05) is 42.2 Å². The van der Waals surface area contributed by atoms with Crippen LogP contribution in [0, 0.1) is 12.8 Å². The minimum atomic E-state index is -0.457. The summed E-state index contributed by atoms with van der Waals surface area (Å²) in [6.07, 6.45) is 5.02. The van der Waals surface area contributed by atoms with Gasteiger partial charge in [0, 0.05) is 24.3 Å². The lowest BCUT2D eigenvalue weighted by Gasteiger charge is -2.34. The van der Waals surface area contributed by atoms with E-state index in [0.29, 0.717) is 23.9 Å². The van der Waals surface area contributed by atoms with E-state index in [2.05, 4.69) is 10.3 Å². The summed E-state index contributed by atoms with van der Waals surface area (Å²) < 4.78 is 0. The molecule has 2 aromatic rings. The molecule has 2 fully saturated rings. The van der Waals surface area contributed by atoms with Gasteiger partial charge in [-0.3, -0.25) is 9.59 Å². The summed E-state index contributed by atoms with van der Waals surface area (Å²) in [6, 6.07) is 11.3. The Balaban J connectivity index is 1.44. The number of hydrogen-bond donors (Lipinski definition) is 1. The normalized spacial score (nSPS) is 20.5. The summed E-state index contributed by atoms with van der Waals surface area (Å²) in [7, 11) is 0. The molecular weight excluding hydrogens is 374 g/mol. The molecule has 0 bridgehead atoms. The molecule has 5 nitrogen and oxygen atoms in total. The number of pyridine rings is 1. The molecule has 1 atom stereocenters. The van der Waals surface area contributed by atoms with Crippen molar-refractivity contribution in [1.29, 1.82) is 0 Å². The first kappa shape index (κ1) is 18.9. The van der Waals surface area contributed by atoms with Crippen molar-refractivity contribution in [3.05, 3.63) is 58.7 Å². The highest BCUT2D eigenvalue weighted by Gasteiger charge is 2.53. The van der Waals surface area contributed by atoms with Gasteiger partial charge in [0.15, 0.2) is 0 Å². The number of hydrogen-bond acceptors (Lipinski definition) is 3. The maximum Gasteiger partial charge on any atom is 0.233 e. The van der Waals surface area contributed by atoms with Gasteiger partial charge in [-0.25, -0.2) is 4.98 Å². The number of likely N-dealkylation sites (tertiary alicyclic amines) is 1. The molecule has 1 aliphatic carbocycles. The van der Waals surface area contributed by atoms with Gasteiger partial charge in [-0.05, 0) is 61.9 Å². The number of nitrogens with zero attached hydrogens (tertiary/aromatic N) is 2. The molecule has 1 aliphatic heterocycles. The molecule has 2 aliphatic rings. The molecule has 1 saturated carbocycles. The third kappa shape index (κ3) is 3.76. The number of carbonyl (C=O) groups excluding carboxylic acids is 2. The second-order valence-corrected chi connectivity index (χ2v) is 8.33. The van der Waals surface area contributed by atoms with Gasteiger partial charge in [0.2, 0.25) is 11.8 Å². The number of carbonyl (C=O) groups is 2. The van der Waals surface area contributed by atoms with Crippen LogP contribution in [-0.4, -0.2) is 34.8 Å². The first-order valence-corrected chi connectivity index (χ1v) is 10.1. The molecule has 146 valence electrons. The molecule has 2 amide bonds. The highest BCUT2D eigenvalue weighted by molar-refractivity contribution is 6.30. The van der Waals surface area contributed by atoms with Crippen molar-refractivity contribution < 1.29 is 9.59 Å². The van der Waals surface area contributed by atoms with Crippen LogP contribution in [0.25, 0.3) is 0 Å². The van der Waals surface area contributed by atoms with E-state index in [0.717, 1.165) is 36.8 Å². The van der Waals surface area contributed by atoms with Gasteiger partial charge >= 0.3 is 0 Å². The summed E-state index contributed by atoms with van der Waals surface area (Å²) in [5.41, 5.74) is 1.57. The molecule has 1 aromatic carbocycles. The standard InChI is InChI=1S/C22H24ClN3O2/c1-15-7-8-19(24-13-15)25-20(27)16-4-3-11-26(14-16)21(28)22(9-10-22)17-5-2-6-18(23)12-17/h2,5-8,12-13,16H,3-4,9-11,14H2,1H3,(H,24,25,27)/t16-/m0/s1. The van der Waals surface area contributed by atoms with Crippen molar-refractivity contribution in [2.75, 3.05) is 18.4 Å². The predicted molar refractivity (Wildman–Crippen MR) is 109 cm³/mol. The summed E-state index contributed by atoms with van der Waals surface area (Å²) in [6.45, 7) is 3.11. The fourth-order valence-corrected chi connectivity index (χ4v) is 4.18. The molecule has 6 heteroatoms. The van der Waals surface area contributed by atoms with Crippen LogP contribution in [0.5, 0.6) is 0 Å². The summed E-state index contributed by atoms with van der Waals surface area (Å²) >= 11 is 6.14. The third-order valence-electron chi connectivity index (χ3n) is 5.78. The molecule has 1 N–H and O–H groups in total. The number of anilines is 1. The van der Waals surface area contributed by atoms with E-state index in [1.165, 1.54) is 0 Å². The van der Waals surface area contributed by atoms with Gasteiger partial charge in [0.25, 0.3) is 0 Å². The van der Waals surface area contributed by atoms with Gasteiger partial charge in [0.05, 0.1) is 11.3 Å². The van der Waals surface area contributed by atoms with Crippen LogP contribution in [0.15, 0.2) is 42.6 Å². The number of halogens is 1. The monoisotopic (exact) mass is 397 g/mol. The van der Waals surface area contributed by atoms with Crippen LogP contribution in [0.2, 0.25) is 5.02 Å². The Hall–Kier alpha value is -2.40. The highest BCUT2D eigenvalue weighted by atomic mass is 35.5. The third-order valence-corrected chi connectivity index (χ3v) is 6.01. The number of amides is 2. The summed E-state index contributed by atoms with van der Waals surface area (Å²) in [5, 5.41) is 3.54. The Kier molecular flexibility index (Phi) is 5.11.